The second-order valence-corrected chi connectivity index (χ2v) is 3.18. The maximum atomic E-state index is 10.5. The Bertz CT molecular complexity index is 145. The third kappa shape index (κ3) is 3.95. The topological polar surface area (TPSA) is 78.3 Å². The number of nitrogens with two attached hydrogens (primary N) is 2. The largest absolute Gasteiger partial charge is 0.379 e. The SMILES string of the molecule is COC(C)(C)CC(N)C(N)=O. The smallest absolute Gasteiger partial charge is 0.234 e. The van der Waals surface area contributed by atoms with E-state index in [0.717, 1.165) is 0 Å². The van der Waals surface area contributed by atoms with E-state index in [9.17, 15) is 4.79 Å². The van der Waals surface area contributed by atoms with E-state index >= 15 is 0 Å². The quantitative estimate of drug-likeness (QED) is 0.588. The first kappa shape index (κ1) is 10.4. The van der Waals surface area contributed by atoms with E-state index < -0.39 is 11.9 Å². The fourth-order valence-electron chi connectivity index (χ4n) is 0.714. The van der Waals surface area contributed by atoms with E-state index in [-0.39, 0.29) is 5.60 Å². The molecule has 0 aliphatic carbocycles. The summed E-state index contributed by atoms with van der Waals surface area (Å²) < 4.78 is 5.07. The van der Waals surface area contributed by atoms with Gasteiger partial charge in [0.2, 0.25) is 5.91 Å². The van der Waals surface area contributed by atoms with Crippen molar-refractivity contribution in [2.45, 2.75) is 31.9 Å². The lowest BCUT2D eigenvalue weighted by Gasteiger charge is -2.24. The Kier molecular flexibility index (Phi) is 3.48. The second-order valence-electron chi connectivity index (χ2n) is 3.18. The van der Waals surface area contributed by atoms with Gasteiger partial charge in [-0.2, -0.15) is 0 Å². The summed E-state index contributed by atoms with van der Waals surface area (Å²) in [5.41, 5.74) is 10.0. The van der Waals surface area contributed by atoms with Gasteiger partial charge in [0.05, 0.1) is 11.6 Å². The molecule has 1 unspecified atom stereocenters. The molecule has 0 aromatic heterocycles. The van der Waals surface area contributed by atoms with Crippen LogP contribution in [0.5, 0.6) is 0 Å². The number of carbonyl (C=O) groups is 1. The van der Waals surface area contributed by atoms with Gasteiger partial charge in [-0.25, -0.2) is 0 Å². The Morgan fingerprint density at radius 3 is 2.36 bits per heavy atom. The van der Waals surface area contributed by atoms with Crippen molar-refractivity contribution in [3.8, 4) is 0 Å². The zero-order valence-electron chi connectivity index (χ0n) is 7.26. The van der Waals surface area contributed by atoms with Crippen molar-refractivity contribution in [3.63, 3.8) is 0 Å². The third-order valence-electron chi connectivity index (χ3n) is 1.63. The predicted molar refractivity (Wildman–Crippen MR) is 42.9 cm³/mol. The van der Waals surface area contributed by atoms with Gasteiger partial charge in [0.15, 0.2) is 0 Å². The van der Waals surface area contributed by atoms with E-state index in [4.69, 9.17) is 16.2 Å². The number of hydrogen-bond donors (Lipinski definition) is 2. The third-order valence-corrected chi connectivity index (χ3v) is 1.63. The van der Waals surface area contributed by atoms with Crippen molar-refractivity contribution in [2.24, 2.45) is 11.5 Å². The average molecular weight is 160 g/mol. The van der Waals surface area contributed by atoms with Crippen molar-refractivity contribution in [2.75, 3.05) is 7.11 Å². The molecular weight excluding hydrogens is 144 g/mol. The number of hydrogen-bond acceptors (Lipinski definition) is 3. The first-order valence-electron chi connectivity index (χ1n) is 3.49. The van der Waals surface area contributed by atoms with Crippen LogP contribution in [0.4, 0.5) is 0 Å². The van der Waals surface area contributed by atoms with Gasteiger partial charge < -0.3 is 16.2 Å². The highest BCUT2D eigenvalue weighted by Crippen LogP contribution is 2.13. The lowest BCUT2D eigenvalue weighted by Crippen LogP contribution is -2.42. The Morgan fingerprint density at radius 2 is 2.09 bits per heavy atom. The van der Waals surface area contributed by atoms with Crippen LogP contribution in [0.25, 0.3) is 0 Å². The molecule has 0 spiro atoms. The molecule has 0 bridgehead atoms. The summed E-state index contributed by atoms with van der Waals surface area (Å²) in [6.07, 6.45) is 0.443. The van der Waals surface area contributed by atoms with Crippen molar-refractivity contribution < 1.29 is 9.53 Å². The van der Waals surface area contributed by atoms with Crippen molar-refractivity contribution >= 4 is 5.91 Å². The first-order valence-corrected chi connectivity index (χ1v) is 3.49. The number of ether oxygens (including phenoxy) is 1. The van der Waals surface area contributed by atoms with Crippen LogP contribution < -0.4 is 11.5 Å². The average Bonchev–Trinajstić information content (AvgIpc) is 1.87. The molecular formula is C7H16N2O2. The fraction of sp³-hybridized carbons (Fsp3) is 0.857. The van der Waals surface area contributed by atoms with Crippen LogP contribution in [0.3, 0.4) is 0 Å². The fourth-order valence-corrected chi connectivity index (χ4v) is 0.714. The highest BCUT2D eigenvalue weighted by atomic mass is 16.5. The van der Waals surface area contributed by atoms with Gasteiger partial charge in [0.1, 0.15) is 0 Å². The summed E-state index contributed by atoms with van der Waals surface area (Å²) in [7, 11) is 1.58. The van der Waals surface area contributed by atoms with Crippen LogP contribution in [0.1, 0.15) is 20.3 Å². The predicted octanol–water partition coefficient (Wildman–Crippen LogP) is -0.386. The molecule has 66 valence electrons. The first-order chi connectivity index (χ1) is 4.89. The van der Waals surface area contributed by atoms with E-state index in [1.54, 1.807) is 7.11 Å². The normalized spacial score (nSPS) is 14.5. The van der Waals surface area contributed by atoms with E-state index in [1.165, 1.54) is 0 Å². The standard InChI is InChI=1S/C7H16N2O2/c1-7(2,11-3)4-5(8)6(9)10/h5H,4,8H2,1-3H3,(H2,9,10). The molecule has 0 heterocycles. The lowest BCUT2D eigenvalue weighted by atomic mass is 9.99. The minimum absolute atomic E-state index is 0.381. The van der Waals surface area contributed by atoms with Gasteiger partial charge in [0, 0.05) is 7.11 Å². The second kappa shape index (κ2) is 3.69. The molecule has 4 nitrogen and oxygen atoms in total. The molecule has 0 rings (SSSR count). The molecule has 11 heavy (non-hydrogen) atoms. The summed E-state index contributed by atoms with van der Waals surface area (Å²) in [5, 5.41) is 0. The van der Waals surface area contributed by atoms with Gasteiger partial charge in [-0.1, -0.05) is 0 Å². The molecule has 4 N–H and O–H groups in total. The molecule has 0 saturated carbocycles. The summed E-state index contributed by atoms with van der Waals surface area (Å²) in [4.78, 5) is 10.5. The molecule has 0 saturated heterocycles. The van der Waals surface area contributed by atoms with Gasteiger partial charge >= 0.3 is 0 Å². The Morgan fingerprint density at radius 1 is 1.64 bits per heavy atom. The zero-order valence-corrected chi connectivity index (χ0v) is 7.26. The van der Waals surface area contributed by atoms with Crippen LogP contribution in [0.15, 0.2) is 0 Å². The van der Waals surface area contributed by atoms with Crippen LogP contribution in [0.2, 0.25) is 0 Å². The summed E-state index contributed by atoms with van der Waals surface area (Å²) >= 11 is 0. The van der Waals surface area contributed by atoms with Gasteiger partial charge in [-0.15, -0.1) is 0 Å². The molecule has 0 radical (unpaired) electrons. The Balaban J connectivity index is 3.93. The summed E-state index contributed by atoms with van der Waals surface area (Å²) in [5.74, 6) is -0.491. The molecule has 0 aliphatic heterocycles. The number of carbonyl (C=O) groups excluding carboxylic acids is 1. The zero-order chi connectivity index (χ0) is 9.07. The Hall–Kier alpha value is -0.610. The number of primary amides is 1. The monoisotopic (exact) mass is 160 g/mol. The van der Waals surface area contributed by atoms with Gasteiger partial charge in [-0.05, 0) is 20.3 Å². The van der Waals surface area contributed by atoms with E-state index in [0.29, 0.717) is 6.42 Å². The van der Waals surface area contributed by atoms with Gasteiger partial charge in [0.25, 0.3) is 0 Å². The van der Waals surface area contributed by atoms with Crippen LogP contribution in [-0.2, 0) is 9.53 Å². The van der Waals surface area contributed by atoms with Crippen molar-refractivity contribution in [3.05, 3.63) is 0 Å². The highest BCUT2D eigenvalue weighted by Gasteiger charge is 2.23. The molecule has 0 aliphatic rings. The van der Waals surface area contributed by atoms with Crippen LogP contribution in [0, 0.1) is 0 Å². The molecule has 4 heteroatoms. The maximum absolute atomic E-state index is 10.5. The van der Waals surface area contributed by atoms with Crippen LogP contribution >= 0.6 is 0 Å². The highest BCUT2D eigenvalue weighted by molar-refractivity contribution is 5.79. The number of amides is 1. The molecule has 0 fully saturated rings. The molecule has 0 aromatic carbocycles. The molecule has 1 atom stereocenters. The summed E-state index contributed by atoms with van der Waals surface area (Å²) in [6, 6.07) is -0.620. The number of rotatable bonds is 4. The molecule has 1 amide bonds. The van der Waals surface area contributed by atoms with Crippen LogP contribution in [-0.4, -0.2) is 24.7 Å². The van der Waals surface area contributed by atoms with Crippen molar-refractivity contribution in [1.29, 1.82) is 0 Å². The van der Waals surface area contributed by atoms with Crippen molar-refractivity contribution in [1.82, 2.24) is 0 Å². The lowest BCUT2D eigenvalue weighted by molar-refractivity contribution is -0.120. The maximum Gasteiger partial charge on any atom is 0.234 e. The summed E-state index contributed by atoms with van der Waals surface area (Å²) in [6.45, 7) is 3.71. The molecule has 0 aromatic rings. The van der Waals surface area contributed by atoms with E-state index in [1.807, 2.05) is 13.8 Å². The van der Waals surface area contributed by atoms with E-state index in [2.05, 4.69) is 0 Å². The minimum atomic E-state index is -0.620. The number of methoxy groups -OCH3 is 1. The minimum Gasteiger partial charge on any atom is -0.379 e. The Labute approximate surface area is 66.9 Å². The van der Waals surface area contributed by atoms with Gasteiger partial charge in [-0.3, -0.25) is 4.79 Å².